The fraction of sp³-hybridized carbons (Fsp3) is 0.526. The summed E-state index contributed by atoms with van der Waals surface area (Å²) in [5.41, 5.74) is 1.77. The van der Waals surface area contributed by atoms with Crippen LogP contribution in [0.15, 0.2) is 40.3 Å². The van der Waals surface area contributed by atoms with Crippen LogP contribution in [0.3, 0.4) is 0 Å². The van der Waals surface area contributed by atoms with Gasteiger partial charge in [-0.05, 0) is 41.8 Å². The number of rotatable bonds is 6. The molecule has 1 aromatic rings. The summed E-state index contributed by atoms with van der Waals surface area (Å²) in [5.74, 6) is 0.124. The highest BCUT2D eigenvalue weighted by atomic mass is 32.2. The van der Waals surface area contributed by atoms with E-state index in [1.54, 1.807) is 4.90 Å². The molecule has 1 aromatic carbocycles. The topological polar surface area (TPSA) is 85.4 Å². The second-order valence-electron chi connectivity index (χ2n) is 7.49. The maximum Gasteiger partial charge on any atom is 0.410 e. The molecule has 1 atom stereocenters. The van der Waals surface area contributed by atoms with Crippen LogP contribution in [0.25, 0.3) is 0 Å². The Labute approximate surface area is 173 Å². The summed E-state index contributed by atoms with van der Waals surface area (Å²) in [4.78, 5) is 13.9. The van der Waals surface area contributed by atoms with E-state index in [0.717, 1.165) is 17.6 Å². The molecule has 0 bridgehead atoms. The summed E-state index contributed by atoms with van der Waals surface area (Å²) in [5, 5.41) is 0. The number of carbonyl (C=O) groups excluding carboxylic acids is 1. The number of hydrogen-bond donors (Lipinski definition) is 0. The van der Waals surface area contributed by atoms with Crippen LogP contribution in [0.4, 0.5) is 13.6 Å². The number of ether oxygens (including phenoxy) is 3. The zero-order valence-corrected chi connectivity index (χ0v) is 16.9. The van der Waals surface area contributed by atoms with Gasteiger partial charge in [-0.3, -0.25) is 0 Å². The molecule has 1 amide bonds. The number of nitrogens with zero attached hydrogens (tertiary/aromatic N) is 2. The Kier molecular flexibility index (Phi) is 5.94. The quantitative estimate of drug-likeness (QED) is 0.625. The van der Waals surface area contributed by atoms with E-state index in [0.29, 0.717) is 32.9 Å². The van der Waals surface area contributed by atoms with Crippen molar-refractivity contribution in [3.8, 4) is 5.75 Å². The summed E-state index contributed by atoms with van der Waals surface area (Å²) in [6.45, 7) is -0.311. The first kappa shape index (κ1) is 21.0. The average molecular weight is 444 g/mol. The van der Waals surface area contributed by atoms with Gasteiger partial charge in [0.1, 0.15) is 5.75 Å². The molecule has 1 fully saturated rings. The van der Waals surface area contributed by atoms with Crippen molar-refractivity contribution in [3.63, 3.8) is 0 Å². The molecule has 30 heavy (non-hydrogen) atoms. The number of benzene rings is 1. The van der Waals surface area contributed by atoms with Gasteiger partial charge >= 0.3 is 12.7 Å². The van der Waals surface area contributed by atoms with Crippen LogP contribution in [0.2, 0.25) is 0 Å². The molecule has 0 saturated carbocycles. The maximum atomic E-state index is 12.9. The number of halogens is 2. The van der Waals surface area contributed by atoms with E-state index in [-0.39, 0.29) is 29.7 Å². The summed E-state index contributed by atoms with van der Waals surface area (Å²) in [6, 6.07) is 4.88. The molecule has 0 aliphatic carbocycles. The van der Waals surface area contributed by atoms with Crippen molar-refractivity contribution < 1.29 is 36.2 Å². The molecule has 1 saturated heterocycles. The third-order valence-corrected chi connectivity index (χ3v) is 7.22. The van der Waals surface area contributed by atoms with Crippen molar-refractivity contribution in [1.82, 2.24) is 9.21 Å². The largest absolute Gasteiger partial charge is 0.449 e. The smallest absolute Gasteiger partial charge is 0.410 e. The minimum absolute atomic E-state index is 0.000313. The summed E-state index contributed by atoms with van der Waals surface area (Å²) in [7, 11) is -3.78. The Bertz CT molecular complexity index is 911. The van der Waals surface area contributed by atoms with Gasteiger partial charge in [-0.25, -0.2) is 13.2 Å². The molecule has 0 spiro atoms. The van der Waals surface area contributed by atoms with Gasteiger partial charge in [0.2, 0.25) is 10.0 Å². The van der Waals surface area contributed by atoms with E-state index in [9.17, 15) is 22.0 Å². The van der Waals surface area contributed by atoms with E-state index in [2.05, 4.69) is 4.74 Å². The molecule has 3 aliphatic rings. The maximum absolute atomic E-state index is 12.9. The van der Waals surface area contributed by atoms with Crippen LogP contribution in [0.5, 0.6) is 5.75 Å². The van der Waals surface area contributed by atoms with Crippen molar-refractivity contribution in [2.24, 2.45) is 5.92 Å². The lowest BCUT2D eigenvalue weighted by atomic mass is 10.1. The van der Waals surface area contributed by atoms with Crippen LogP contribution in [0, 0.1) is 5.92 Å². The van der Waals surface area contributed by atoms with Gasteiger partial charge in [0, 0.05) is 38.7 Å². The highest BCUT2D eigenvalue weighted by Gasteiger charge is 2.38. The normalized spacial score (nSPS) is 22.1. The Balaban J connectivity index is 1.31. The molecular formula is C19H22F2N2O6S. The molecule has 0 aromatic heterocycles. The zero-order valence-electron chi connectivity index (χ0n) is 16.1. The number of sulfonamides is 1. The molecule has 11 heteroatoms. The summed E-state index contributed by atoms with van der Waals surface area (Å²) < 4.78 is 66.4. The zero-order chi connectivity index (χ0) is 21.3. The Morgan fingerprint density at radius 1 is 1.13 bits per heavy atom. The Hall–Kier alpha value is -2.24. The van der Waals surface area contributed by atoms with E-state index in [1.807, 2.05) is 0 Å². The van der Waals surface area contributed by atoms with Crippen molar-refractivity contribution in [3.05, 3.63) is 35.4 Å². The Morgan fingerprint density at radius 2 is 1.80 bits per heavy atom. The first-order valence-electron chi connectivity index (χ1n) is 9.57. The van der Waals surface area contributed by atoms with Crippen LogP contribution in [-0.2, 0) is 19.5 Å². The number of amides is 1. The summed E-state index contributed by atoms with van der Waals surface area (Å²) in [6.07, 6.45) is 0.477. The first-order chi connectivity index (χ1) is 14.3. The SMILES string of the molecule is O=C(OCC1CCOC1)N1CC2=C(C1)CN(S(=O)(=O)c1ccc(OC(F)F)cc1)C2. The monoisotopic (exact) mass is 444 g/mol. The molecule has 0 radical (unpaired) electrons. The minimum atomic E-state index is -3.78. The molecule has 0 N–H and O–H groups in total. The molecular weight excluding hydrogens is 422 g/mol. The van der Waals surface area contributed by atoms with Gasteiger partial charge in [-0.2, -0.15) is 13.1 Å². The molecule has 1 unspecified atom stereocenters. The van der Waals surface area contributed by atoms with Gasteiger partial charge in [0.15, 0.2) is 0 Å². The minimum Gasteiger partial charge on any atom is -0.449 e. The predicted molar refractivity (Wildman–Crippen MR) is 101 cm³/mol. The van der Waals surface area contributed by atoms with Crippen LogP contribution in [0.1, 0.15) is 6.42 Å². The highest BCUT2D eigenvalue weighted by molar-refractivity contribution is 7.89. The third kappa shape index (κ3) is 4.42. The molecule has 3 heterocycles. The van der Waals surface area contributed by atoms with Crippen molar-refractivity contribution >= 4 is 16.1 Å². The molecule has 164 valence electrons. The van der Waals surface area contributed by atoms with Gasteiger partial charge < -0.3 is 19.1 Å². The van der Waals surface area contributed by atoms with Crippen molar-refractivity contribution in [2.75, 3.05) is 46.0 Å². The summed E-state index contributed by atoms with van der Waals surface area (Å²) >= 11 is 0. The number of alkyl halides is 2. The van der Waals surface area contributed by atoms with Crippen molar-refractivity contribution in [1.29, 1.82) is 0 Å². The lowest BCUT2D eigenvalue weighted by molar-refractivity contribution is -0.0498. The van der Waals surface area contributed by atoms with E-state index in [4.69, 9.17) is 9.47 Å². The fourth-order valence-electron chi connectivity index (χ4n) is 3.78. The second kappa shape index (κ2) is 8.48. The average Bonchev–Trinajstić information content (AvgIpc) is 3.42. The van der Waals surface area contributed by atoms with E-state index in [1.165, 1.54) is 28.6 Å². The van der Waals surface area contributed by atoms with Crippen LogP contribution < -0.4 is 4.74 Å². The number of carbonyl (C=O) groups is 1. The first-order valence-corrected chi connectivity index (χ1v) is 11.0. The van der Waals surface area contributed by atoms with Gasteiger partial charge in [-0.15, -0.1) is 0 Å². The lowest BCUT2D eigenvalue weighted by Gasteiger charge is -2.23. The molecule has 8 nitrogen and oxygen atoms in total. The standard InChI is InChI=1S/C19H22F2N2O6S/c20-18(21)29-16-1-3-17(4-2-16)30(25,26)23-9-14-7-22(8-15(14)10-23)19(24)28-12-13-5-6-27-11-13/h1-4,13,18H,5-12H2. The van der Waals surface area contributed by atoms with E-state index < -0.39 is 22.7 Å². The second-order valence-corrected chi connectivity index (χ2v) is 9.43. The number of hydrogen-bond acceptors (Lipinski definition) is 6. The van der Waals surface area contributed by atoms with Crippen LogP contribution >= 0.6 is 0 Å². The van der Waals surface area contributed by atoms with Gasteiger partial charge in [0.05, 0.1) is 18.1 Å². The molecule has 3 aliphatic heterocycles. The van der Waals surface area contributed by atoms with E-state index >= 15 is 0 Å². The van der Waals surface area contributed by atoms with Crippen LogP contribution in [-0.4, -0.2) is 76.3 Å². The highest BCUT2D eigenvalue weighted by Crippen LogP contribution is 2.31. The van der Waals surface area contributed by atoms with Gasteiger partial charge in [0.25, 0.3) is 0 Å². The van der Waals surface area contributed by atoms with Gasteiger partial charge in [-0.1, -0.05) is 0 Å². The predicted octanol–water partition coefficient (Wildman–Crippen LogP) is 2.08. The lowest BCUT2D eigenvalue weighted by Crippen LogP contribution is -2.37. The third-order valence-electron chi connectivity index (χ3n) is 5.41. The molecule has 4 rings (SSSR count). The fourth-order valence-corrected chi connectivity index (χ4v) is 5.21. The Morgan fingerprint density at radius 3 is 2.37 bits per heavy atom. The van der Waals surface area contributed by atoms with Crippen molar-refractivity contribution in [2.45, 2.75) is 17.9 Å².